The van der Waals surface area contributed by atoms with Crippen molar-refractivity contribution >= 4 is 11.8 Å². The lowest BCUT2D eigenvalue weighted by atomic mass is 10.2. The van der Waals surface area contributed by atoms with Crippen LogP contribution in [-0.4, -0.2) is 14.8 Å². The van der Waals surface area contributed by atoms with E-state index in [1.165, 1.54) is 17.8 Å². The summed E-state index contributed by atoms with van der Waals surface area (Å²) < 4.78 is 15.5. The highest BCUT2D eigenvalue weighted by Crippen LogP contribution is 2.23. The Balaban J connectivity index is 2.11. The maximum Gasteiger partial charge on any atom is 0.191 e. The fourth-order valence-corrected chi connectivity index (χ4v) is 2.75. The first-order valence-corrected chi connectivity index (χ1v) is 7.23. The zero-order valence-corrected chi connectivity index (χ0v) is 11.7. The van der Waals surface area contributed by atoms with E-state index in [0.29, 0.717) is 17.9 Å². The first-order chi connectivity index (χ1) is 9.26. The van der Waals surface area contributed by atoms with Gasteiger partial charge in [0.25, 0.3) is 0 Å². The average Bonchev–Trinajstić information content (AvgIpc) is 2.81. The van der Waals surface area contributed by atoms with Gasteiger partial charge in [-0.3, -0.25) is 0 Å². The third kappa shape index (κ3) is 3.33. The lowest BCUT2D eigenvalue weighted by molar-refractivity contribution is 0.591. The molecule has 19 heavy (non-hydrogen) atoms. The molecule has 6 heteroatoms. The van der Waals surface area contributed by atoms with E-state index in [2.05, 4.69) is 17.1 Å². The largest absolute Gasteiger partial charge is 0.324 e. The van der Waals surface area contributed by atoms with E-state index in [1.54, 1.807) is 12.1 Å². The van der Waals surface area contributed by atoms with Gasteiger partial charge in [0, 0.05) is 12.3 Å². The molecular weight excluding hydrogens is 263 g/mol. The minimum atomic E-state index is -0.185. The summed E-state index contributed by atoms with van der Waals surface area (Å²) in [7, 11) is 0. The van der Waals surface area contributed by atoms with E-state index in [-0.39, 0.29) is 5.82 Å². The Hall–Kier alpha value is -1.40. The molecule has 0 fully saturated rings. The molecule has 0 spiro atoms. The summed E-state index contributed by atoms with van der Waals surface area (Å²) in [4.78, 5) is 0. The number of benzene rings is 1. The van der Waals surface area contributed by atoms with Crippen LogP contribution in [0.5, 0.6) is 0 Å². The lowest BCUT2D eigenvalue weighted by Gasteiger charge is -2.07. The van der Waals surface area contributed by atoms with Gasteiger partial charge in [0.2, 0.25) is 0 Å². The van der Waals surface area contributed by atoms with Crippen molar-refractivity contribution in [2.45, 2.75) is 37.3 Å². The van der Waals surface area contributed by atoms with Crippen LogP contribution in [0.15, 0.2) is 29.4 Å². The Morgan fingerprint density at radius 1 is 1.32 bits per heavy atom. The first-order valence-electron chi connectivity index (χ1n) is 6.24. The standard InChI is InChI=1S/C13H17FN4S/c1-2-7-18-12(8-15)16-17-13(18)19-9-10-5-3-4-6-11(10)14/h3-6H,2,7-9,15H2,1H3. The molecule has 4 nitrogen and oxygen atoms in total. The zero-order valence-electron chi connectivity index (χ0n) is 10.8. The van der Waals surface area contributed by atoms with Crippen LogP contribution in [0.25, 0.3) is 0 Å². The number of hydrogen-bond donors (Lipinski definition) is 1. The summed E-state index contributed by atoms with van der Waals surface area (Å²) in [5.74, 6) is 1.13. The summed E-state index contributed by atoms with van der Waals surface area (Å²) >= 11 is 1.48. The molecular formula is C13H17FN4S. The molecule has 1 aromatic carbocycles. The molecule has 0 atom stereocenters. The van der Waals surface area contributed by atoms with Crippen LogP contribution in [0.3, 0.4) is 0 Å². The third-order valence-corrected chi connectivity index (χ3v) is 3.75. The number of aromatic nitrogens is 3. The number of nitrogens with two attached hydrogens (primary N) is 1. The van der Waals surface area contributed by atoms with Gasteiger partial charge in [0.15, 0.2) is 5.16 Å². The third-order valence-electron chi connectivity index (χ3n) is 2.74. The van der Waals surface area contributed by atoms with Crippen molar-refractivity contribution in [3.63, 3.8) is 0 Å². The van der Waals surface area contributed by atoms with Gasteiger partial charge in [-0.1, -0.05) is 36.9 Å². The van der Waals surface area contributed by atoms with Crippen molar-refractivity contribution in [1.29, 1.82) is 0 Å². The maximum atomic E-state index is 13.5. The molecule has 0 amide bonds. The number of nitrogens with zero attached hydrogens (tertiary/aromatic N) is 3. The van der Waals surface area contributed by atoms with Gasteiger partial charge in [-0.15, -0.1) is 10.2 Å². The van der Waals surface area contributed by atoms with Crippen molar-refractivity contribution < 1.29 is 4.39 Å². The Morgan fingerprint density at radius 2 is 2.11 bits per heavy atom. The van der Waals surface area contributed by atoms with Gasteiger partial charge in [-0.05, 0) is 18.1 Å². The van der Waals surface area contributed by atoms with E-state index in [9.17, 15) is 4.39 Å². The second kappa shape index (κ2) is 6.68. The maximum absolute atomic E-state index is 13.5. The van der Waals surface area contributed by atoms with Gasteiger partial charge in [-0.25, -0.2) is 4.39 Å². The van der Waals surface area contributed by atoms with Crippen molar-refractivity contribution in [1.82, 2.24) is 14.8 Å². The Kier molecular flexibility index (Phi) is 4.93. The summed E-state index contributed by atoms with van der Waals surface area (Å²) in [6.45, 7) is 3.29. The molecule has 0 aliphatic heterocycles. The highest BCUT2D eigenvalue weighted by atomic mass is 32.2. The fraction of sp³-hybridized carbons (Fsp3) is 0.385. The summed E-state index contributed by atoms with van der Waals surface area (Å²) in [5.41, 5.74) is 6.31. The van der Waals surface area contributed by atoms with E-state index >= 15 is 0 Å². The highest BCUT2D eigenvalue weighted by Gasteiger charge is 2.11. The quantitative estimate of drug-likeness (QED) is 0.826. The van der Waals surface area contributed by atoms with Crippen LogP contribution in [0.1, 0.15) is 24.7 Å². The van der Waals surface area contributed by atoms with Crippen molar-refractivity contribution in [3.05, 3.63) is 41.5 Å². The van der Waals surface area contributed by atoms with Gasteiger partial charge >= 0.3 is 0 Å². The monoisotopic (exact) mass is 280 g/mol. The SMILES string of the molecule is CCCn1c(CN)nnc1SCc1ccccc1F. The molecule has 0 unspecified atom stereocenters. The van der Waals surface area contributed by atoms with E-state index < -0.39 is 0 Å². The number of hydrogen-bond acceptors (Lipinski definition) is 4. The van der Waals surface area contributed by atoms with E-state index in [4.69, 9.17) is 5.73 Å². The molecule has 0 saturated heterocycles. The summed E-state index contributed by atoms with van der Waals surface area (Å²) in [6.07, 6.45) is 0.984. The van der Waals surface area contributed by atoms with Gasteiger partial charge in [0.05, 0.1) is 6.54 Å². The summed E-state index contributed by atoms with van der Waals surface area (Å²) in [5, 5.41) is 8.98. The molecule has 2 N–H and O–H groups in total. The first kappa shape index (κ1) is 14.0. The fourth-order valence-electron chi connectivity index (χ4n) is 1.78. The molecule has 1 heterocycles. The second-order valence-electron chi connectivity index (χ2n) is 4.13. The molecule has 0 aliphatic carbocycles. The molecule has 0 radical (unpaired) electrons. The second-order valence-corrected chi connectivity index (χ2v) is 5.08. The molecule has 0 bridgehead atoms. The predicted molar refractivity (Wildman–Crippen MR) is 74.2 cm³/mol. The van der Waals surface area contributed by atoms with E-state index in [1.807, 2.05) is 10.6 Å². The van der Waals surface area contributed by atoms with Crippen LogP contribution in [0.2, 0.25) is 0 Å². The lowest BCUT2D eigenvalue weighted by Crippen LogP contribution is -2.09. The molecule has 0 saturated carbocycles. The Morgan fingerprint density at radius 3 is 2.79 bits per heavy atom. The molecule has 1 aromatic heterocycles. The topological polar surface area (TPSA) is 56.7 Å². The minimum Gasteiger partial charge on any atom is -0.324 e. The van der Waals surface area contributed by atoms with Crippen LogP contribution < -0.4 is 5.73 Å². The normalized spacial score (nSPS) is 10.9. The number of thioether (sulfide) groups is 1. The van der Waals surface area contributed by atoms with Crippen LogP contribution in [0.4, 0.5) is 4.39 Å². The smallest absolute Gasteiger partial charge is 0.191 e. The minimum absolute atomic E-state index is 0.185. The number of halogens is 1. The molecule has 2 aromatic rings. The number of rotatable bonds is 6. The van der Waals surface area contributed by atoms with Crippen molar-refractivity contribution in [2.75, 3.05) is 0 Å². The van der Waals surface area contributed by atoms with Gasteiger partial charge in [0.1, 0.15) is 11.6 Å². The average molecular weight is 280 g/mol. The molecule has 102 valence electrons. The van der Waals surface area contributed by atoms with E-state index in [0.717, 1.165) is 23.9 Å². The Labute approximate surface area is 116 Å². The van der Waals surface area contributed by atoms with Gasteiger partial charge < -0.3 is 10.3 Å². The Bertz CT molecular complexity index is 541. The highest BCUT2D eigenvalue weighted by molar-refractivity contribution is 7.98. The van der Waals surface area contributed by atoms with Gasteiger partial charge in [-0.2, -0.15) is 0 Å². The zero-order chi connectivity index (χ0) is 13.7. The predicted octanol–water partition coefficient (Wildman–Crippen LogP) is 2.58. The molecule has 2 rings (SSSR count). The van der Waals surface area contributed by atoms with Crippen molar-refractivity contribution in [2.24, 2.45) is 5.73 Å². The van der Waals surface area contributed by atoms with Crippen LogP contribution in [0, 0.1) is 5.82 Å². The van der Waals surface area contributed by atoms with Crippen LogP contribution in [-0.2, 0) is 18.8 Å². The van der Waals surface area contributed by atoms with Crippen molar-refractivity contribution in [3.8, 4) is 0 Å². The van der Waals surface area contributed by atoms with Crippen LogP contribution >= 0.6 is 11.8 Å². The molecule has 0 aliphatic rings. The summed E-state index contributed by atoms with van der Waals surface area (Å²) in [6, 6.07) is 6.78.